The van der Waals surface area contributed by atoms with E-state index >= 15 is 0 Å². The molecule has 0 spiro atoms. The minimum Gasteiger partial charge on any atom is -0.420 e. The number of ether oxygens (including phenoxy) is 1. The molecule has 0 aliphatic carbocycles. The molecule has 0 unspecified atom stereocenters. The fraction of sp³-hybridized carbons (Fsp3) is 0.318. The van der Waals surface area contributed by atoms with E-state index in [1.54, 1.807) is 26.2 Å². The average Bonchev–Trinajstić information content (AvgIpc) is 2.72. The van der Waals surface area contributed by atoms with Crippen LogP contribution >= 0.6 is 11.6 Å². The Kier molecular flexibility index (Phi) is 7.30. The molecule has 0 aliphatic heterocycles. The van der Waals surface area contributed by atoms with Crippen molar-refractivity contribution in [3.05, 3.63) is 69.0 Å². The number of benzene rings is 1. The lowest BCUT2D eigenvalue weighted by Gasteiger charge is -2.12. The summed E-state index contributed by atoms with van der Waals surface area (Å²) in [5.74, 6) is -1.27. The van der Waals surface area contributed by atoms with Gasteiger partial charge in [-0.1, -0.05) is 31.0 Å². The summed E-state index contributed by atoms with van der Waals surface area (Å²) in [6.07, 6.45) is 2.85. The molecule has 2 aromatic heterocycles. The summed E-state index contributed by atoms with van der Waals surface area (Å²) in [6.45, 7) is 3.57. The number of sulfone groups is 1. The first-order valence-corrected chi connectivity index (χ1v) is 12.2. The van der Waals surface area contributed by atoms with Crippen LogP contribution in [-0.2, 0) is 22.6 Å². The number of para-hydroxylation sites is 1. The fourth-order valence-corrected chi connectivity index (χ4v) is 4.76. The van der Waals surface area contributed by atoms with Crippen molar-refractivity contribution in [2.45, 2.75) is 32.4 Å². The van der Waals surface area contributed by atoms with Gasteiger partial charge in [0.1, 0.15) is 0 Å². The SMILES string of the molecule is CCCCS(=O)(=O)Cc1cc(-c2cc(C)c(=O)n(C)c2)nc(Oc2c(F)cccc2Cl)n1. The van der Waals surface area contributed by atoms with Crippen molar-refractivity contribution >= 4 is 21.4 Å². The third kappa shape index (κ3) is 5.72. The third-order valence-electron chi connectivity index (χ3n) is 4.71. The van der Waals surface area contributed by atoms with Gasteiger partial charge in [-0.25, -0.2) is 12.8 Å². The maximum Gasteiger partial charge on any atom is 0.322 e. The number of halogens is 2. The Hall–Kier alpha value is -2.78. The van der Waals surface area contributed by atoms with Gasteiger partial charge < -0.3 is 9.30 Å². The van der Waals surface area contributed by atoms with Gasteiger partial charge in [0, 0.05) is 24.4 Å². The largest absolute Gasteiger partial charge is 0.420 e. The second kappa shape index (κ2) is 9.79. The highest BCUT2D eigenvalue weighted by atomic mass is 35.5. The lowest BCUT2D eigenvalue weighted by molar-refractivity contribution is 0.410. The highest BCUT2D eigenvalue weighted by molar-refractivity contribution is 7.90. The van der Waals surface area contributed by atoms with Crippen LogP contribution < -0.4 is 10.3 Å². The van der Waals surface area contributed by atoms with Crippen molar-refractivity contribution in [1.82, 2.24) is 14.5 Å². The smallest absolute Gasteiger partial charge is 0.322 e. The number of hydrogen-bond acceptors (Lipinski definition) is 6. The van der Waals surface area contributed by atoms with Crippen molar-refractivity contribution < 1.29 is 17.5 Å². The van der Waals surface area contributed by atoms with Gasteiger partial charge in [0.25, 0.3) is 5.56 Å². The highest BCUT2D eigenvalue weighted by Gasteiger charge is 2.18. The molecular formula is C22H23ClFN3O4S. The Labute approximate surface area is 190 Å². The Morgan fingerprint density at radius 1 is 1.22 bits per heavy atom. The summed E-state index contributed by atoms with van der Waals surface area (Å²) in [5, 5.41) is 0.0223. The molecule has 3 aromatic rings. The van der Waals surface area contributed by atoms with Crippen LogP contribution in [0.3, 0.4) is 0 Å². The van der Waals surface area contributed by atoms with E-state index in [9.17, 15) is 17.6 Å². The quantitative estimate of drug-likeness (QED) is 0.474. The van der Waals surface area contributed by atoms with Crippen LogP contribution in [0.25, 0.3) is 11.3 Å². The maximum atomic E-state index is 14.2. The van der Waals surface area contributed by atoms with E-state index in [2.05, 4.69) is 9.97 Å². The van der Waals surface area contributed by atoms with Gasteiger partial charge in [0.15, 0.2) is 21.4 Å². The van der Waals surface area contributed by atoms with Gasteiger partial charge in [-0.15, -0.1) is 0 Å². The van der Waals surface area contributed by atoms with Gasteiger partial charge in [-0.3, -0.25) is 4.79 Å². The van der Waals surface area contributed by atoms with Crippen molar-refractivity contribution in [2.75, 3.05) is 5.75 Å². The molecule has 7 nitrogen and oxygen atoms in total. The minimum absolute atomic E-state index is 0.0223. The average molecular weight is 480 g/mol. The Morgan fingerprint density at radius 3 is 2.62 bits per heavy atom. The number of aromatic nitrogens is 3. The first kappa shape index (κ1) is 23.9. The van der Waals surface area contributed by atoms with Gasteiger partial charge in [0.05, 0.1) is 27.9 Å². The summed E-state index contributed by atoms with van der Waals surface area (Å²) in [6, 6.07) is 6.98. The molecular weight excluding hydrogens is 457 g/mol. The van der Waals surface area contributed by atoms with Crippen LogP contribution in [0.2, 0.25) is 5.02 Å². The zero-order valence-electron chi connectivity index (χ0n) is 17.9. The first-order valence-electron chi connectivity index (χ1n) is 9.97. The molecule has 2 heterocycles. The van der Waals surface area contributed by atoms with Crippen molar-refractivity contribution in [2.24, 2.45) is 7.05 Å². The molecule has 0 saturated heterocycles. The van der Waals surface area contributed by atoms with E-state index in [1.165, 1.54) is 28.8 Å². The molecule has 0 N–H and O–H groups in total. The van der Waals surface area contributed by atoms with Crippen LogP contribution in [0, 0.1) is 12.7 Å². The molecule has 1 aromatic carbocycles. The van der Waals surface area contributed by atoms with Gasteiger partial charge in [0.2, 0.25) is 0 Å². The molecule has 0 atom stereocenters. The topological polar surface area (TPSA) is 91.2 Å². The Bertz CT molecular complexity index is 1260. The summed E-state index contributed by atoms with van der Waals surface area (Å²) < 4.78 is 46.2. The molecule has 0 amide bonds. The number of unbranched alkanes of at least 4 members (excludes halogenated alkanes) is 1. The summed E-state index contributed by atoms with van der Waals surface area (Å²) in [4.78, 5) is 20.6. The van der Waals surface area contributed by atoms with Crippen LogP contribution in [0.5, 0.6) is 11.8 Å². The zero-order chi connectivity index (χ0) is 23.5. The van der Waals surface area contributed by atoms with E-state index in [0.717, 1.165) is 6.42 Å². The predicted octanol–water partition coefficient (Wildman–Crippen LogP) is 4.45. The molecule has 0 bridgehead atoms. The van der Waals surface area contributed by atoms with E-state index < -0.39 is 15.7 Å². The molecule has 170 valence electrons. The highest BCUT2D eigenvalue weighted by Crippen LogP contribution is 2.31. The summed E-state index contributed by atoms with van der Waals surface area (Å²) >= 11 is 6.04. The van der Waals surface area contributed by atoms with Crippen LogP contribution in [-0.4, -0.2) is 28.7 Å². The lowest BCUT2D eigenvalue weighted by atomic mass is 10.1. The number of hydrogen-bond donors (Lipinski definition) is 0. The van der Waals surface area contributed by atoms with Gasteiger partial charge in [-0.2, -0.15) is 9.97 Å². The van der Waals surface area contributed by atoms with E-state index in [-0.39, 0.29) is 39.5 Å². The lowest BCUT2D eigenvalue weighted by Crippen LogP contribution is -2.18. The van der Waals surface area contributed by atoms with E-state index in [1.807, 2.05) is 6.92 Å². The van der Waals surface area contributed by atoms with Gasteiger partial charge in [-0.05, 0) is 37.6 Å². The minimum atomic E-state index is -3.43. The molecule has 32 heavy (non-hydrogen) atoms. The molecule has 0 saturated carbocycles. The fourth-order valence-electron chi connectivity index (χ4n) is 3.09. The van der Waals surface area contributed by atoms with E-state index in [4.69, 9.17) is 16.3 Å². The number of nitrogens with zero attached hydrogens (tertiary/aromatic N) is 3. The second-order valence-electron chi connectivity index (χ2n) is 7.45. The molecule has 3 rings (SSSR count). The van der Waals surface area contributed by atoms with E-state index in [0.29, 0.717) is 23.2 Å². The second-order valence-corrected chi connectivity index (χ2v) is 10.0. The molecule has 0 aliphatic rings. The number of pyridine rings is 1. The molecule has 10 heteroatoms. The van der Waals surface area contributed by atoms with Crippen LogP contribution in [0.4, 0.5) is 4.39 Å². The van der Waals surface area contributed by atoms with Crippen molar-refractivity contribution in [3.8, 4) is 23.0 Å². The van der Waals surface area contributed by atoms with Crippen LogP contribution in [0.1, 0.15) is 31.0 Å². The van der Waals surface area contributed by atoms with Gasteiger partial charge >= 0.3 is 6.01 Å². The standard InChI is InChI=1S/C22H23ClFN3O4S/c1-4-5-9-32(29,30)13-16-11-19(15-10-14(2)21(28)27(3)12-15)26-22(25-16)31-20-17(23)7-6-8-18(20)24/h6-8,10-12H,4-5,9,13H2,1-3H3. The molecule has 0 fully saturated rings. The van der Waals surface area contributed by atoms with Crippen molar-refractivity contribution in [1.29, 1.82) is 0 Å². The van der Waals surface area contributed by atoms with Crippen LogP contribution in [0.15, 0.2) is 41.3 Å². The summed E-state index contributed by atoms with van der Waals surface area (Å²) in [5.41, 5.74) is 1.41. The first-order chi connectivity index (χ1) is 15.1. The summed E-state index contributed by atoms with van der Waals surface area (Å²) in [7, 11) is -1.82. The normalized spacial score (nSPS) is 11.5. The van der Waals surface area contributed by atoms with Crippen molar-refractivity contribution in [3.63, 3.8) is 0 Å². The Morgan fingerprint density at radius 2 is 1.97 bits per heavy atom. The monoisotopic (exact) mass is 479 g/mol. The molecule has 0 radical (unpaired) electrons. The maximum absolute atomic E-state index is 14.2. The number of rotatable bonds is 8. The number of aryl methyl sites for hydroxylation is 2. The third-order valence-corrected chi connectivity index (χ3v) is 6.65. The Balaban J connectivity index is 2.10. The predicted molar refractivity (Wildman–Crippen MR) is 121 cm³/mol. The zero-order valence-corrected chi connectivity index (χ0v) is 19.5.